The zero-order valence-electron chi connectivity index (χ0n) is 10.6. The van der Waals surface area contributed by atoms with Crippen molar-refractivity contribution in [3.8, 4) is 0 Å². The number of nitrogen functional groups attached to an aromatic ring is 1. The second-order valence-electron chi connectivity index (χ2n) is 4.94. The number of amides is 1. The first kappa shape index (κ1) is 13.0. The van der Waals surface area contributed by atoms with E-state index >= 15 is 0 Å². The van der Waals surface area contributed by atoms with E-state index in [-0.39, 0.29) is 11.2 Å². The van der Waals surface area contributed by atoms with Crippen molar-refractivity contribution in [2.45, 2.75) is 25.9 Å². The molecule has 0 atom stereocenters. The third-order valence-electron chi connectivity index (χ3n) is 3.09. The quantitative estimate of drug-likeness (QED) is 0.444. The lowest BCUT2D eigenvalue weighted by Gasteiger charge is -2.41. The first-order valence-electron chi connectivity index (χ1n) is 5.82. The second kappa shape index (κ2) is 5.05. The monoisotopic (exact) mass is 254 g/mol. The van der Waals surface area contributed by atoms with E-state index in [9.17, 15) is 4.79 Å². The molecule has 1 aromatic rings. The fraction of sp³-hybridized carbons (Fsp3) is 0.636. The fourth-order valence-electron chi connectivity index (χ4n) is 1.94. The molecule has 3 N–H and O–H groups in total. The van der Waals surface area contributed by atoms with Gasteiger partial charge >= 0.3 is 0 Å². The van der Waals surface area contributed by atoms with E-state index < -0.39 is 5.91 Å². The molecule has 7 heteroatoms. The Morgan fingerprint density at radius 3 is 3.11 bits per heavy atom. The molecule has 1 aliphatic heterocycles. The van der Waals surface area contributed by atoms with Gasteiger partial charge in [0.15, 0.2) is 11.5 Å². The summed E-state index contributed by atoms with van der Waals surface area (Å²) in [5.41, 5.74) is 2.16. The molecule has 1 aliphatic rings. The second-order valence-corrected chi connectivity index (χ2v) is 4.94. The van der Waals surface area contributed by atoms with Crippen molar-refractivity contribution in [2.75, 3.05) is 19.8 Å². The van der Waals surface area contributed by atoms with Crippen molar-refractivity contribution in [2.24, 2.45) is 5.84 Å². The van der Waals surface area contributed by atoms with Crippen LogP contribution in [0.5, 0.6) is 0 Å². The number of hydrazine groups is 1. The highest BCUT2D eigenvalue weighted by Gasteiger charge is 2.31. The molecule has 1 fully saturated rings. The summed E-state index contributed by atoms with van der Waals surface area (Å²) in [6.07, 6.45) is 0. The van der Waals surface area contributed by atoms with E-state index in [2.05, 4.69) is 23.9 Å². The van der Waals surface area contributed by atoms with Gasteiger partial charge < -0.3 is 9.26 Å². The van der Waals surface area contributed by atoms with Crippen molar-refractivity contribution < 1.29 is 14.1 Å². The number of ether oxygens (including phenoxy) is 1. The van der Waals surface area contributed by atoms with Crippen LogP contribution in [0.1, 0.15) is 30.1 Å². The Morgan fingerprint density at radius 1 is 1.67 bits per heavy atom. The third-order valence-corrected chi connectivity index (χ3v) is 3.09. The van der Waals surface area contributed by atoms with Crippen molar-refractivity contribution in [1.29, 1.82) is 0 Å². The summed E-state index contributed by atoms with van der Waals surface area (Å²) >= 11 is 0. The number of morpholine rings is 1. The first-order valence-corrected chi connectivity index (χ1v) is 5.82. The lowest BCUT2D eigenvalue weighted by atomic mass is 10.0. The maximum absolute atomic E-state index is 11.3. The van der Waals surface area contributed by atoms with Crippen molar-refractivity contribution in [1.82, 2.24) is 15.5 Å². The molecule has 0 spiro atoms. The van der Waals surface area contributed by atoms with Crippen LogP contribution in [0.25, 0.3) is 0 Å². The number of nitrogens with one attached hydrogen (secondary N) is 1. The zero-order valence-corrected chi connectivity index (χ0v) is 10.6. The molecule has 0 aliphatic carbocycles. The molecule has 2 heterocycles. The Bertz CT molecular complexity index is 430. The van der Waals surface area contributed by atoms with Crippen molar-refractivity contribution in [3.63, 3.8) is 0 Å². The van der Waals surface area contributed by atoms with Crippen LogP contribution in [0, 0.1) is 0 Å². The van der Waals surface area contributed by atoms with Gasteiger partial charge in [0, 0.05) is 18.2 Å². The molecule has 7 nitrogen and oxygen atoms in total. The predicted octanol–water partition coefficient (Wildman–Crippen LogP) is -0.111. The average molecular weight is 254 g/mol. The summed E-state index contributed by atoms with van der Waals surface area (Å²) in [7, 11) is 0. The van der Waals surface area contributed by atoms with Crippen molar-refractivity contribution in [3.05, 3.63) is 17.5 Å². The SMILES string of the molecule is CC1(C)COCCN1Cc1cc(C(=O)NN)no1. The summed E-state index contributed by atoms with van der Waals surface area (Å²) in [6.45, 7) is 7.02. The van der Waals surface area contributed by atoms with Gasteiger partial charge in [0.25, 0.3) is 5.91 Å². The minimum absolute atomic E-state index is 0.0542. The molecule has 18 heavy (non-hydrogen) atoms. The number of carbonyl (C=O) groups excluding carboxylic acids is 1. The largest absolute Gasteiger partial charge is 0.378 e. The molecular formula is C11H18N4O3. The van der Waals surface area contributed by atoms with Crippen LogP contribution in [0.2, 0.25) is 0 Å². The molecule has 2 rings (SSSR count). The van der Waals surface area contributed by atoms with Crippen LogP contribution in [-0.2, 0) is 11.3 Å². The van der Waals surface area contributed by atoms with Gasteiger partial charge in [0.05, 0.1) is 19.8 Å². The highest BCUT2D eigenvalue weighted by molar-refractivity contribution is 5.91. The maximum Gasteiger partial charge on any atom is 0.287 e. The lowest BCUT2D eigenvalue weighted by molar-refractivity contribution is -0.0582. The van der Waals surface area contributed by atoms with Gasteiger partial charge in [-0.25, -0.2) is 5.84 Å². The van der Waals surface area contributed by atoms with Crippen LogP contribution in [0.3, 0.4) is 0 Å². The Morgan fingerprint density at radius 2 is 2.44 bits per heavy atom. The normalized spacial score (nSPS) is 19.7. The van der Waals surface area contributed by atoms with Gasteiger partial charge in [-0.1, -0.05) is 5.16 Å². The number of hydrogen-bond acceptors (Lipinski definition) is 6. The highest BCUT2D eigenvalue weighted by Crippen LogP contribution is 2.21. The van der Waals surface area contributed by atoms with E-state index in [0.717, 1.165) is 6.54 Å². The summed E-state index contributed by atoms with van der Waals surface area (Å²) in [4.78, 5) is 13.5. The third kappa shape index (κ3) is 2.69. The van der Waals surface area contributed by atoms with Crippen LogP contribution in [0.15, 0.2) is 10.6 Å². The number of rotatable bonds is 3. The minimum Gasteiger partial charge on any atom is -0.378 e. The summed E-state index contributed by atoms with van der Waals surface area (Å²) < 4.78 is 10.6. The van der Waals surface area contributed by atoms with E-state index in [1.807, 2.05) is 5.43 Å². The van der Waals surface area contributed by atoms with Crippen LogP contribution in [-0.4, -0.2) is 41.3 Å². The highest BCUT2D eigenvalue weighted by atomic mass is 16.5. The summed E-state index contributed by atoms with van der Waals surface area (Å²) in [5.74, 6) is 5.22. The van der Waals surface area contributed by atoms with Gasteiger partial charge in [-0.2, -0.15) is 0 Å². The van der Waals surface area contributed by atoms with Crippen LogP contribution < -0.4 is 11.3 Å². The van der Waals surface area contributed by atoms with Gasteiger partial charge in [0.1, 0.15) is 0 Å². The summed E-state index contributed by atoms with van der Waals surface area (Å²) in [5, 5.41) is 3.68. The van der Waals surface area contributed by atoms with Crippen LogP contribution >= 0.6 is 0 Å². The molecule has 100 valence electrons. The Kier molecular flexibility index (Phi) is 3.65. The topological polar surface area (TPSA) is 93.6 Å². The van der Waals surface area contributed by atoms with Gasteiger partial charge in [0.2, 0.25) is 0 Å². The average Bonchev–Trinajstić information content (AvgIpc) is 2.79. The number of nitrogens with two attached hydrogens (primary N) is 1. The lowest BCUT2D eigenvalue weighted by Crippen LogP contribution is -2.52. The standard InChI is InChI=1S/C11H18N4O3/c1-11(2)7-17-4-3-15(11)6-8-5-9(14-18-8)10(16)13-12/h5H,3-4,6-7,12H2,1-2H3,(H,13,16). The number of carbonyl (C=O) groups is 1. The molecule has 0 saturated carbocycles. The van der Waals surface area contributed by atoms with E-state index in [1.54, 1.807) is 6.07 Å². The van der Waals surface area contributed by atoms with Crippen molar-refractivity contribution >= 4 is 5.91 Å². The fourth-order valence-corrected chi connectivity index (χ4v) is 1.94. The van der Waals surface area contributed by atoms with Gasteiger partial charge in [-0.05, 0) is 13.8 Å². The van der Waals surface area contributed by atoms with Gasteiger partial charge in [-0.15, -0.1) is 0 Å². The maximum atomic E-state index is 11.3. The number of hydrogen-bond donors (Lipinski definition) is 2. The number of aromatic nitrogens is 1. The smallest absolute Gasteiger partial charge is 0.287 e. The molecule has 1 saturated heterocycles. The molecule has 0 unspecified atom stereocenters. The molecule has 1 aromatic heterocycles. The summed E-state index contributed by atoms with van der Waals surface area (Å²) in [6, 6.07) is 1.60. The Balaban J connectivity index is 2.04. The van der Waals surface area contributed by atoms with Crippen LogP contribution in [0.4, 0.5) is 0 Å². The number of nitrogens with zero attached hydrogens (tertiary/aromatic N) is 2. The predicted molar refractivity (Wildman–Crippen MR) is 63.5 cm³/mol. The first-order chi connectivity index (χ1) is 8.53. The molecule has 0 aromatic carbocycles. The minimum atomic E-state index is -0.453. The molecule has 1 amide bonds. The van der Waals surface area contributed by atoms with E-state index in [4.69, 9.17) is 15.1 Å². The Labute approximate surface area is 105 Å². The molecule has 0 radical (unpaired) electrons. The van der Waals surface area contributed by atoms with Gasteiger partial charge in [-0.3, -0.25) is 15.1 Å². The van der Waals surface area contributed by atoms with E-state index in [0.29, 0.717) is 25.5 Å². The zero-order chi connectivity index (χ0) is 13.2. The van der Waals surface area contributed by atoms with E-state index in [1.165, 1.54) is 0 Å². The molecule has 0 bridgehead atoms. The Hall–Kier alpha value is -1.44. The molecular weight excluding hydrogens is 236 g/mol.